The highest BCUT2D eigenvalue weighted by molar-refractivity contribution is 5.98. The highest BCUT2D eigenvalue weighted by atomic mass is 14.9. The fourth-order valence-corrected chi connectivity index (χ4v) is 7.65. The van der Waals surface area contributed by atoms with Crippen molar-refractivity contribution in [1.82, 2.24) is 9.97 Å². The van der Waals surface area contributed by atoms with Crippen LogP contribution in [0.25, 0.3) is 61.7 Å². The SMILES string of the molecule is C1=C\C=C\C(c2ccccc2)(c2ccccc2)c2c(nc(-c3ccc(-c4ccc(-c5ccccc5)cc4)cc3)nc2-c2cccc3ccccc23)/C=C/1. The second-order valence-electron chi connectivity index (χ2n) is 13.3. The molecule has 0 N–H and O–H groups in total. The number of hydrogen-bond acceptors (Lipinski definition) is 2. The van der Waals surface area contributed by atoms with Gasteiger partial charge in [0, 0.05) is 16.7 Å². The molecule has 0 saturated heterocycles. The summed E-state index contributed by atoms with van der Waals surface area (Å²) in [5.74, 6) is 0.685. The highest BCUT2D eigenvalue weighted by Gasteiger charge is 2.39. The maximum Gasteiger partial charge on any atom is 0.160 e. The van der Waals surface area contributed by atoms with Crippen LogP contribution >= 0.6 is 0 Å². The first kappa shape index (κ1) is 32.0. The Morgan fingerprint density at radius 1 is 0.377 bits per heavy atom. The molecular formula is C51H36N2. The molecule has 0 unspecified atom stereocenters. The van der Waals surface area contributed by atoms with Crippen LogP contribution in [-0.2, 0) is 5.41 Å². The van der Waals surface area contributed by atoms with E-state index >= 15 is 0 Å². The van der Waals surface area contributed by atoms with Crippen LogP contribution in [0.4, 0.5) is 0 Å². The van der Waals surface area contributed by atoms with Gasteiger partial charge in [0.1, 0.15) is 0 Å². The van der Waals surface area contributed by atoms with Gasteiger partial charge in [0.15, 0.2) is 5.82 Å². The van der Waals surface area contributed by atoms with Crippen LogP contribution in [0.15, 0.2) is 212 Å². The van der Waals surface area contributed by atoms with Gasteiger partial charge in [-0.15, -0.1) is 0 Å². The average molecular weight is 677 g/mol. The van der Waals surface area contributed by atoms with E-state index in [0.717, 1.165) is 50.2 Å². The molecule has 250 valence electrons. The van der Waals surface area contributed by atoms with E-state index in [1.807, 2.05) is 6.07 Å². The lowest BCUT2D eigenvalue weighted by Gasteiger charge is -2.35. The minimum Gasteiger partial charge on any atom is -0.228 e. The van der Waals surface area contributed by atoms with E-state index in [0.29, 0.717) is 5.82 Å². The summed E-state index contributed by atoms with van der Waals surface area (Å²) in [7, 11) is 0. The molecule has 0 amide bonds. The van der Waals surface area contributed by atoms with E-state index < -0.39 is 5.41 Å². The van der Waals surface area contributed by atoms with Gasteiger partial charge in [-0.25, -0.2) is 9.97 Å². The van der Waals surface area contributed by atoms with Crippen molar-refractivity contribution < 1.29 is 0 Å². The summed E-state index contributed by atoms with van der Waals surface area (Å²) in [4.78, 5) is 11.0. The predicted molar refractivity (Wildman–Crippen MR) is 221 cm³/mol. The molecule has 0 aliphatic heterocycles. The van der Waals surface area contributed by atoms with Crippen molar-refractivity contribution in [3.63, 3.8) is 0 Å². The molecule has 1 aliphatic carbocycles. The summed E-state index contributed by atoms with van der Waals surface area (Å²) in [5.41, 5.74) is 11.2. The van der Waals surface area contributed by atoms with Gasteiger partial charge in [0.2, 0.25) is 0 Å². The van der Waals surface area contributed by atoms with E-state index in [1.165, 1.54) is 22.1 Å². The molecule has 53 heavy (non-hydrogen) atoms. The van der Waals surface area contributed by atoms with E-state index in [-0.39, 0.29) is 0 Å². The Balaban J connectivity index is 1.27. The topological polar surface area (TPSA) is 25.8 Å². The maximum absolute atomic E-state index is 5.57. The average Bonchev–Trinajstić information content (AvgIpc) is 3.34. The van der Waals surface area contributed by atoms with Gasteiger partial charge < -0.3 is 0 Å². The Bertz CT molecular complexity index is 2570. The van der Waals surface area contributed by atoms with E-state index in [2.05, 4.69) is 212 Å². The lowest BCUT2D eigenvalue weighted by atomic mass is 9.67. The summed E-state index contributed by atoms with van der Waals surface area (Å²) in [6, 6.07) is 64.5. The van der Waals surface area contributed by atoms with E-state index in [1.54, 1.807) is 0 Å². The Morgan fingerprint density at radius 2 is 0.887 bits per heavy atom. The lowest BCUT2D eigenvalue weighted by Crippen LogP contribution is -2.30. The van der Waals surface area contributed by atoms with Crippen LogP contribution in [0.3, 0.4) is 0 Å². The summed E-state index contributed by atoms with van der Waals surface area (Å²) in [6.07, 6.45) is 12.9. The first-order valence-electron chi connectivity index (χ1n) is 18.1. The third kappa shape index (κ3) is 6.01. The maximum atomic E-state index is 5.57. The van der Waals surface area contributed by atoms with Gasteiger partial charge in [-0.1, -0.05) is 212 Å². The molecule has 0 radical (unpaired) electrons. The number of hydrogen-bond donors (Lipinski definition) is 0. The number of benzene rings is 7. The fourth-order valence-electron chi connectivity index (χ4n) is 7.65. The van der Waals surface area contributed by atoms with Crippen LogP contribution in [0.2, 0.25) is 0 Å². The van der Waals surface area contributed by atoms with E-state index in [9.17, 15) is 0 Å². The van der Waals surface area contributed by atoms with Gasteiger partial charge in [-0.3, -0.25) is 0 Å². The normalized spacial score (nSPS) is 15.0. The molecule has 1 aliphatic rings. The van der Waals surface area contributed by atoms with Crippen molar-refractivity contribution >= 4 is 16.8 Å². The van der Waals surface area contributed by atoms with Gasteiger partial charge in [-0.05, 0) is 50.2 Å². The monoisotopic (exact) mass is 676 g/mol. The molecule has 2 nitrogen and oxygen atoms in total. The second kappa shape index (κ2) is 14.0. The molecule has 0 spiro atoms. The third-order valence-corrected chi connectivity index (χ3v) is 10.2. The van der Waals surface area contributed by atoms with Crippen molar-refractivity contribution in [2.45, 2.75) is 5.41 Å². The molecule has 9 rings (SSSR count). The molecule has 0 saturated carbocycles. The van der Waals surface area contributed by atoms with Crippen molar-refractivity contribution in [2.75, 3.05) is 0 Å². The Labute approximate surface area is 310 Å². The van der Waals surface area contributed by atoms with Crippen molar-refractivity contribution in [3.05, 3.63) is 235 Å². The number of fused-ring (bicyclic) bond motifs is 2. The highest BCUT2D eigenvalue weighted by Crippen LogP contribution is 2.47. The first-order valence-corrected chi connectivity index (χ1v) is 18.1. The smallest absolute Gasteiger partial charge is 0.160 e. The first-order chi connectivity index (χ1) is 26.3. The summed E-state index contributed by atoms with van der Waals surface area (Å²) >= 11 is 0. The minimum absolute atomic E-state index is 0.685. The Kier molecular flexibility index (Phi) is 8.47. The fraction of sp³-hybridized carbons (Fsp3) is 0.0196. The molecular weight excluding hydrogens is 641 g/mol. The molecule has 1 aromatic heterocycles. The van der Waals surface area contributed by atoms with Crippen LogP contribution in [0, 0.1) is 0 Å². The minimum atomic E-state index is -0.697. The molecule has 2 heteroatoms. The quantitative estimate of drug-likeness (QED) is 0.175. The van der Waals surface area contributed by atoms with Crippen LogP contribution < -0.4 is 0 Å². The number of aromatic nitrogens is 2. The van der Waals surface area contributed by atoms with Crippen molar-refractivity contribution in [3.8, 4) is 44.9 Å². The van der Waals surface area contributed by atoms with E-state index in [4.69, 9.17) is 9.97 Å². The van der Waals surface area contributed by atoms with Crippen molar-refractivity contribution in [2.24, 2.45) is 0 Å². The summed E-state index contributed by atoms with van der Waals surface area (Å²) in [5, 5.41) is 2.32. The molecule has 1 heterocycles. The lowest BCUT2D eigenvalue weighted by molar-refractivity contribution is 0.766. The standard InChI is InChI=1S/C51H36N2/c1-2-15-36-51(43-21-8-4-9-22-43,44-23-10-5-11-24-44)48-47(27-12-1)52-50(53-49(48)46-26-16-20-41-19-13-14-25-45(41)46)42-34-32-40(33-35-42)39-30-28-38(29-31-39)37-17-6-3-7-18-37/h1-36H/b2-1-,27-12+,36-15+. The van der Waals surface area contributed by atoms with Crippen LogP contribution in [-0.4, -0.2) is 9.97 Å². The van der Waals surface area contributed by atoms with Crippen LogP contribution in [0.5, 0.6) is 0 Å². The molecule has 7 aromatic carbocycles. The third-order valence-electron chi connectivity index (χ3n) is 10.2. The Hall–Kier alpha value is -6.90. The van der Waals surface area contributed by atoms with Gasteiger partial charge in [0.05, 0.1) is 16.8 Å². The number of allylic oxidation sites excluding steroid dienone is 5. The zero-order valence-electron chi connectivity index (χ0n) is 29.2. The zero-order valence-corrected chi connectivity index (χ0v) is 29.2. The van der Waals surface area contributed by atoms with Crippen molar-refractivity contribution in [1.29, 1.82) is 0 Å². The molecule has 0 fully saturated rings. The van der Waals surface area contributed by atoms with Crippen LogP contribution in [0.1, 0.15) is 22.4 Å². The molecule has 0 atom stereocenters. The van der Waals surface area contributed by atoms with Gasteiger partial charge in [-0.2, -0.15) is 0 Å². The van der Waals surface area contributed by atoms with Gasteiger partial charge in [0.25, 0.3) is 0 Å². The predicted octanol–water partition coefficient (Wildman–Crippen LogP) is 12.8. The summed E-state index contributed by atoms with van der Waals surface area (Å²) in [6.45, 7) is 0. The Morgan fingerprint density at radius 3 is 1.53 bits per heavy atom. The number of nitrogens with zero attached hydrogens (tertiary/aromatic N) is 2. The van der Waals surface area contributed by atoms with Gasteiger partial charge >= 0.3 is 0 Å². The largest absolute Gasteiger partial charge is 0.228 e. The molecule has 0 bridgehead atoms. The number of rotatable bonds is 6. The zero-order chi connectivity index (χ0) is 35.5. The molecule has 8 aromatic rings. The second-order valence-corrected chi connectivity index (χ2v) is 13.3. The summed E-state index contributed by atoms with van der Waals surface area (Å²) < 4.78 is 0.